The second-order valence-electron chi connectivity index (χ2n) is 5.03. The summed E-state index contributed by atoms with van der Waals surface area (Å²) >= 11 is 1.46. The molecule has 0 aromatic heterocycles. The van der Waals surface area contributed by atoms with Crippen LogP contribution in [0.4, 0.5) is 5.69 Å². The van der Waals surface area contributed by atoms with Crippen molar-refractivity contribution in [2.75, 3.05) is 11.1 Å². The van der Waals surface area contributed by atoms with Gasteiger partial charge in [-0.3, -0.25) is 4.79 Å². The molecule has 1 unspecified atom stereocenters. The van der Waals surface area contributed by atoms with Crippen molar-refractivity contribution in [3.8, 4) is 0 Å². The fraction of sp³-hybridized carbons (Fsp3) is 0.235. The van der Waals surface area contributed by atoms with E-state index in [1.54, 1.807) is 0 Å². The van der Waals surface area contributed by atoms with Gasteiger partial charge in [0.2, 0.25) is 5.91 Å². The van der Waals surface area contributed by atoms with Gasteiger partial charge in [-0.25, -0.2) is 0 Å². The van der Waals surface area contributed by atoms with Crippen LogP contribution in [0.1, 0.15) is 24.1 Å². The fourth-order valence-electron chi connectivity index (χ4n) is 2.12. The molecule has 0 radical (unpaired) electrons. The lowest BCUT2D eigenvalue weighted by molar-refractivity contribution is -0.115. The Kier molecular flexibility index (Phi) is 5.28. The summed E-state index contributed by atoms with van der Waals surface area (Å²) in [6.45, 7) is 4.22. The van der Waals surface area contributed by atoms with E-state index in [0.717, 1.165) is 10.6 Å². The van der Waals surface area contributed by atoms with Crippen LogP contribution in [0, 0.1) is 6.92 Å². The number of thioether (sulfide) groups is 1. The molecule has 4 heteroatoms. The van der Waals surface area contributed by atoms with Gasteiger partial charge in [-0.2, -0.15) is 0 Å². The van der Waals surface area contributed by atoms with E-state index < -0.39 is 0 Å². The first-order chi connectivity index (χ1) is 10.1. The number of hydrogen-bond acceptors (Lipinski definition) is 3. The summed E-state index contributed by atoms with van der Waals surface area (Å²) in [7, 11) is 0. The smallest absolute Gasteiger partial charge is 0.227 e. The van der Waals surface area contributed by atoms with Crippen molar-refractivity contribution >= 4 is 23.4 Å². The molecule has 3 N–H and O–H groups in total. The molecule has 1 atom stereocenters. The zero-order chi connectivity index (χ0) is 15.2. The maximum Gasteiger partial charge on any atom is 0.227 e. The number of nitrogens with one attached hydrogen (secondary N) is 1. The molecule has 21 heavy (non-hydrogen) atoms. The van der Waals surface area contributed by atoms with E-state index in [0.29, 0.717) is 0 Å². The van der Waals surface area contributed by atoms with Crippen LogP contribution in [0.15, 0.2) is 53.4 Å². The third kappa shape index (κ3) is 4.53. The number of hydrogen-bond donors (Lipinski definition) is 2. The predicted molar refractivity (Wildman–Crippen MR) is 89.6 cm³/mol. The highest BCUT2D eigenvalue weighted by Gasteiger charge is 2.09. The normalized spacial score (nSPS) is 11.9. The van der Waals surface area contributed by atoms with E-state index >= 15 is 0 Å². The van der Waals surface area contributed by atoms with E-state index in [9.17, 15) is 4.79 Å². The molecule has 2 aromatic carbocycles. The van der Waals surface area contributed by atoms with E-state index in [2.05, 4.69) is 43.4 Å². The molecule has 0 bridgehead atoms. The Bertz CT molecular complexity index is 628. The van der Waals surface area contributed by atoms with Gasteiger partial charge in [-0.05, 0) is 31.5 Å². The van der Waals surface area contributed by atoms with Crippen molar-refractivity contribution in [3.63, 3.8) is 0 Å². The Balaban J connectivity index is 2.13. The van der Waals surface area contributed by atoms with Crippen molar-refractivity contribution < 1.29 is 4.79 Å². The summed E-state index contributed by atoms with van der Waals surface area (Å²) in [5.41, 5.74) is 8.73. The highest BCUT2D eigenvalue weighted by molar-refractivity contribution is 8.00. The van der Waals surface area contributed by atoms with Crippen LogP contribution in [-0.4, -0.2) is 11.7 Å². The van der Waals surface area contributed by atoms with Crippen molar-refractivity contribution in [1.82, 2.24) is 0 Å². The standard InChI is InChI=1S/C17H20N2OS/c1-12-6-5-7-14(10-12)13(2)19-15-8-3-4-9-16(15)21-11-17(18)20/h3-10,13,19H,11H2,1-2H3,(H2,18,20). The molecule has 0 saturated carbocycles. The molecule has 2 rings (SSSR count). The minimum absolute atomic E-state index is 0.195. The first kappa shape index (κ1) is 15.4. The summed E-state index contributed by atoms with van der Waals surface area (Å²) in [5.74, 6) is -0.0149. The average molecular weight is 300 g/mol. The number of anilines is 1. The summed E-state index contributed by atoms with van der Waals surface area (Å²) < 4.78 is 0. The van der Waals surface area contributed by atoms with Gasteiger partial charge in [-0.1, -0.05) is 42.0 Å². The van der Waals surface area contributed by atoms with Crippen LogP contribution in [-0.2, 0) is 4.79 Å². The molecular formula is C17H20N2OS. The molecule has 0 aliphatic heterocycles. The van der Waals surface area contributed by atoms with Gasteiger partial charge in [0, 0.05) is 16.6 Å². The Morgan fingerprint density at radius 1 is 1.24 bits per heavy atom. The van der Waals surface area contributed by atoms with Gasteiger partial charge in [0.05, 0.1) is 5.75 Å². The second-order valence-corrected chi connectivity index (χ2v) is 6.05. The Hall–Kier alpha value is -1.94. The summed E-state index contributed by atoms with van der Waals surface area (Å²) in [6.07, 6.45) is 0. The lowest BCUT2D eigenvalue weighted by Crippen LogP contribution is -2.13. The molecule has 0 aliphatic rings. The van der Waals surface area contributed by atoms with Crippen LogP contribution in [0.25, 0.3) is 0 Å². The molecule has 0 spiro atoms. The molecule has 0 fully saturated rings. The van der Waals surface area contributed by atoms with Crippen LogP contribution < -0.4 is 11.1 Å². The number of primary amides is 1. The third-order valence-corrected chi connectivity index (χ3v) is 4.27. The molecule has 0 aliphatic carbocycles. The summed E-state index contributed by atoms with van der Waals surface area (Å²) in [4.78, 5) is 12.0. The van der Waals surface area contributed by atoms with Crippen LogP contribution in [0.3, 0.4) is 0 Å². The van der Waals surface area contributed by atoms with Crippen LogP contribution in [0.5, 0.6) is 0 Å². The number of rotatable bonds is 6. The molecule has 3 nitrogen and oxygen atoms in total. The van der Waals surface area contributed by atoms with E-state index in [1.807, 2.05) is 24.3 Å². The van der Waals surface area contributed by atoms with Crippen molar-refractivity contribution in [1.29, 1.82) is 0 Å². The van der Waals surface area contributed by atoms with E-state index in [-0.39, 0.29) is 17.7 Å². The summed E-state index contributed by atoms with van der Waals surface area (Å²) in [6, 6.07) is 16.6. The van der Waals surface area contributed by atoms with E-state index in [4.69, 9.17) is 5.73 Å². The fourth-order valence-corrected chi connectivity index (χ4v) is 2.87. The van der Waals surface area contributed by atoms with Gasteiger partial charge >= 0.3 is 0 Å². The largest absolute Gasteiger partial charge is 0.378 e. The Morgan fingerprint density at radius 3 is 2.71 bits per heavy atom. The minimum atomic E-state index is -0.304. The number of amides is 1. The lowest BCUT2D eigenvalue weighted by Gasteiger charge is -2.18. The molecular weight excluding hydrogens is 280 g/mol. The van der Waals surface area contributed by atoms with Gasteiger partial charge in [0.15, 0.2) is 0 Å². The molecule has 2 aromatic rings. The second kappa shape index (κ2) is 7.18. The van der Waals surface area contributed by atoms with E-state index in [1.165, 1.54) is 22.9 Å². The topological polar surface area (TPSA) is 55.1 Å². The van der Waals surface area contributed by atoms with Crippen molar-refractivity contribution in [3.05, 3.63) is 59.7 Å². The van der Waals surface area contributed by atoms with Gasteiger partial charge in [-0.15, -0.1) is 11.8 Å². The van der Waals surface area contributed by atoms with Crippen LogP contribution >= 0.6 is 11.8 Å². The number of carbonyl (C=O) groups is 1. The van der Waals surface area contributed by atoms with Gasteiger partial charge < -0.3 is 11.1 Å². The number of carbonyl (C=O) groups excluding carboxylic acids is 1. The SMILES string of the molecule is Cc1cccc(C(C)Nc2ccccc2SCC(N)=O)c1. The minimum Gasteiger partial charge on any atom is -0.378 e. The zero-order valence-corrected chi connectivity index (χ0v) is 13.1. The highest BCUT2D eigenvalue weighted by atomic mass is 32.2. The Morgan fingerprint density at radius 2 is 2.00 bits per heavy atom. The zero-order valence-electron chi connectivity index (χ0n) is 12.3. The average Bonchev–Trinajstić information content (AvgIpc) is 2.46. The maximum atomic E-state index is 10.9. The summed E-state index contributed by atoms with van der Waals surface area (Å²) in [5, 5.41) is 3.50. The van der Waals surface area contributed by atoms with Gasteiger partial charge in [0.25, 0.3) is 0 Å². The Labute approximate surface area is 129 Å². The quantitative estimate of drug-likeness (QED) is 0.799. The number of para-hydroxylation sites is 1. The first-order valence-electron chi connectivity index (χ1n) is 6.89. The lowest BCUT2D eigenvalue weighted by atomic mass is 10.1. The molecule has 0 heterocycles. The maximum absolute atomic E-state index is 10.9. The van der Waals surface area contributed by atoms with Crippen molar-refractivity contribution in [2.24, 2.45) is 5.73 Å². The van der Waals surface area contributed by atoms with Gasteiger partial charge in [0.1, 0.15) is 0 Å². The number of benzene rings is 2. The van der Waals surface area contributed by atoms with Crippen molar-refractivity contribution in [2.45, 2.75) is 24.8 Å². The highest BCUT2D eigenvalue weighted by Crippen LogP contribution is 2.29. The molecule has 110 valence electrons. The monoisotopic (exact) mass is 300 g/mol. The predicted octanol–water partition coefficient (Wildman–Crippen LogP) is 3.75. The van der Waals surface area contributed by atoms with Crippen LogP contribution in [0.2, 0.25) is 0 Å². The number of nitrogens with two attached hydrogens (primary N) is 1. The molecule has 1 amide bonds. The number of aryl methyl sites for hydroxylation is 1. The molecule has 0 saturated heterocycles. The third-order valence-electron chi connectivity index (χ3n) is 3.17. The first-order valence-corrected chi connectivity index (χ1v) is 7.88.